The van der Waals surface area contributed by atoms with Gasteiger partial charge in [-0.05, 0) is 42.7 Å². The van der Waals surface area contributed by atoms with Gasteiger partial charge in [-0.2, -0.15) is 0 Å². The molecular formula is C24H25N3O2. The molecule has 0 aliphatic heterocycles. The van der Waals surface area contributed by atoms with Crippen LogP contribution in [0, 0.1) is 0 Å². The van der Waals surface area contributed by atoms with E-state index in [1.807, 2.05) is 55.6 Å². The number of pyridine rings is 1. The van der Waals surface area contributed by atoms with Gasteiger partial charge in [-0.25, -0.2) is 0 Å². The molecule has 1 atom stereocenters. The van der Waals surface area contributed by atoms with Gasteiger partial charge in [-0.15, -0.1) is 0 Å². The molecular weight excluding hydrogens is 362 g/mol. The van der Waals surface area contributed by atoms with Gasteiger partial charge in [-0.1, -0.05) is 48.5 Å². The fraction of sp³-hybridized carbons (Fsp3) is 0.208. The van der Waals surface area contributed by atoms with Gasteiger partial charge in [0.15, 0.2) is 0 Å². The third-order valence-corrected chi connectivity index (χ3v) is 4.89. The second-order valence-corrected chi connectivity index (χ2v) is 6.91. The molecule has 148 valence electrons. The second kappa shape index (κ2) is 10.2. The van der Waals surface area contributed by atoms with Crippen molar-refractivity contribution in [2.75, 3.05) is 13.6 Å². The van der Waals surface area contributed by atoms with E-state index in [0.29, 0.717) is 24.1 Å². The average Bonchev–Trinajstić information content (AvgIpc) is 2.79. The summed E-state index contributed by atoms with van der Waals surface area (Å²) in [5.41, 5.74) is 2.34. The van der Waals surface area contributed by atoms with Crippen LogP contribution in [0.4, 0.5) is 0 Å². The molecule has 3 aromatic rings. The van der Waals surface area contributed by atoms with Crippen molar-refractivity contribution in [1.82, 2.24) is 15.2 Å². The third-order valence-electron chi connectivity index (χ3n) is 4.89. The number of nitrogens with one attached hydrogen (secondary N) is 1. The first-order chi connectivity index (χ1) is 14.1. The molecule has 5 nitrogen and oxygen atoms in total. The third kappa shape index (κ3) is 5.75. The first-order valence-corrected chi connectivity index (χ1v) is 9.69. The lowest BCUT2D eigenvalue weighted by Crippen LogP contribution is -2.41. The van der Waals surface area contributed by atoms with Crippen LogP contribution >= 0.6 is 0 Å². The highest BCUT2D eigenvalue weighted by atomic mass is 16.2. The number of rotatable bonds is 8. The normalized spacial score (nSPS) is 11.5. The van der Waals surface area contributed by atoms with Crippen LogP contribution in [-0.2, 0) is 6.42 Å². The Balaban J connectivity index is 1.67. The van der Waals surface area contributed by atoms with Gasteiger partial charge in [0.2, 0.25) is 0 Å². The van der Waals surface area contributed by atoms with Crippen molar-refractivity contribution < 1.29 is 9.59 Å². The van der Waals surface area contributed by atoms with E-state index in [9.17, 15) is 9.59 Å². The van der Waals surface area contributed by atoms with Crippen LogP contribution in [-0.4, -0.2) is 41.3 Å². The van der Waals surface area contributed by atoms with Gasteiger partial charge >= 0.3 is 0 Å². The maximum absolute atomic E-state index is 12.9. The van der Waals surface area contributed by atoms with E-state index >= 15 is 0 Å². The van der Waals surface area contributed by atoms with E-state index in [-0.39, 0.29) is 17.9 Å². The predicted molar refractivity (Wildman–Crippen MR) is 114 cm³/mol. The molecule has 5 heteroatoms. The molecule has 2 amide bonds. The molecule has 1 aromatic heterocycles. The van der Waals surface area contributed by atoms with Crippen molar-refractivity contribution in [3.8, 4) is 0 Å². The summed E-state index contributed by atoms with van der Waals surface area (Å²) >= 11 is 0. The van der Waals surface area contributed by atoms with E-state index < -0.39 is 0 Å². The molecule has 2 aromatic carbocycles. The molecule has 3 rings (SSSR count). The SMILES string of the molecule is CN(C(=O)c1ccccc1)[C@H](CCNC(=O)c1cccnc1)Cc1ccccc1. The highest BCUT2D eigenvalue weighted by Gasteiger charge is 2.21. The highest BCUT2D eigenvalue weighted by Crippen LogP contribution is 2.14. The fourth-order valence-electron chi connectivity index (χ4n) is 3.22. The van der Waals surface area contributed by atoms with Crippen molar-refractivity contribution in [3.63, 3.8) is 0 Å². The standard InChI is InChI=1S/C24H25N3O2/c1-27(24(29)20-11-6-3-7-12-20)22(17-19-9-4-2-5-10-19)14-16-26-23(28)21-13-8-15-25-18-21/h2-13,15,18,22H,14,16-17H2,1H3,(H,26,28)/t22-/m1/s1. The Morgan fingerprint density at radius 3 is 2.24 bits per heavy atom. The summed E-state index contributed by atoms with van der Waals surface area (Å²) in [5, 5.41) is 2.93. The van der Waals surface area contributed by atoms with Gasteiger partial charge in [0.1, 0.15) is 0 Å². The number of amides is 2. The van der Waals surface area contributed by atoms with Crippen molar-refractivity contribution in [1.29, 1.82) is 0 Å². The predicted octanol–water partition coefficient (Wildman–Crippen LogP) is 3.59. The Bertz CT molecular complexity index is 915. The minimum Gasteiger partial charge on any atom is -0.352 e. The number of likely N-dealkylation sites (N-methyl/N-ethyl adjacent to an activating group) is 1. The summed E-state index contributed by atoms with van der Waals surface area (Å²) in [4.78, 5) is 31.0. The highest BCUT2D eigenvalue weighted by molar-refractivity contribution is 5.94. The molecule has 0 saturated carbocycles. The second-order valence-electron chi connectivity index (χ2n) is 6.91. The van der Waals surface area contributed by atoms with Crippen LogP contribution in [0.25, 0.3) is 0 Å². The number of carbonyl (C=O) groups excluding carboxylic acids is 2. The molecule has 0 bridgehead atoms. The van der Waals surface area contributed by atoms with Crippen LogP contribution in [0.2, 0.25) is 0 Å². The summed E-state index contributed by atoms with van der Waals surface area (Å²) in [6, 6.07) is 22.8. The van der Waals surface area contributed by atoms with E-state index in [0.717, 1.165) is 12.0 Å². The lowest BCUT2D eigenvalue weighted by atomic mass is 10.0. The minimum absolute atomic E-state index is 0.0230. The molecule has 1 N–H and O–H groups in total. The number of nitrogens with zero attached hydrogens (tertiary/aromatic N) is 2. The zero-order valence-electron chi connectivity index (χ0n) is 16.5. The van der Waals surface area contributed by atoms with Crippen LogP contribution in [0.5, 0.6) is 0 Å². The van der Waals surface area contributed by atoms with Crippen LogP contribution in [0.15, 0.2) is 85.2 Å². The smallest absolute Gasteiger partial charge is 0.253 e. The molecule has 0 unspecified atom stereocenters. The van der Waals surface area contributed by atoms with E-state index in [4.69, 9.17) is 0 Å². The molecule has 1 heterocycles. The fourth-order valence-corrected chi connectivity index (χ4v) is 3.22. The lowest BCUT2D eigenvalue weighted by Gasteiger charge is -2.29. The quantitative estimate of drug-likeness (QED) is 0.643. The largest absolute Gasteiger partial charge is 0.352 e. The van der Waals surface area contributed by atoms with Crippen molar-refractivity contribution in [2.45, 2.75) is 18.9 Å². The van der Waals surface area contributed by atoms with Gasteiger partial charge in [-0.3, -0.25) is 14.6 Å². The monoisotopic (exact) mass is 387 g/mol. The zero-order valence-corrected chi connectivity index (χ0v) is 16.5. The van der Waals surface area contributed by atoms with Gasteiger partial charge in [0, 0.05) is 37.6 Å². The lowest BCUT2D eigenvalue weighted by molar-refractivity contribution is 0.0723. The first kappa shape index (κ1) is 20.3. The van der Waals surface area contributed by atoms with Crippen LogP contribution < -0.4 is 5.32 Å². The van der Waals surface area contributed by atoms with E-state index in [1.54, 1.807) is 29.4 Å². The molecule has 0 fully saturated rings. The molecule has 0 saturated heterocycles. The summed E-state index contributed by atoms with van der Waals surface area (Å²) in [6.07, 6.45) is 4.55. The summed E-state index contributed by atoms with van der Waals surface area (Å²) < 4.78 is 0. The van der Waals surface area contributed by atoms with Gasteiger partial charge in [0.05, 0.1) is 5.56 Å². The molecule has 0 aliphatic rings. The van der Waals surface area contributed by atoms with Gasteiger partial charge < -0.3 is 10.2 Å². The maximum Gasteiger partial charge on any atom is 0.253 e. The number of aromatic nitrogens is 1. The first-order valence-electron chi connectivity index (χ1n) is 9.69. The Morgan fingerprint density at radius 2 is 1.59 bits per heavy atom. The number of carbonyl (C=O) groups is 2. The number of hydrogen-bond donors (Lipinski definition) is 1. The van der Waals surface area contributed by atoms with Crippen molar-refractivity contribution >= 4 is 11.8 Å². The Hall–Kier alpha value is -3.47. The van der Waals surface area contributed by atoms with Gasteiger partial charge in [0.25, 0.3) is 11.8 Å². The van der Waals surface area contributed by atoms with E-state index in [1.165, 1.54) is 0 Å². The van der Waals surface area contributed by atoms with Crippen molar-refractivity contribution in [2.24, 2.45) is 0 Å². The summed E-state index contributed by atoms with van der Waals surface area (Å²) in [6.45, 7) is 0.470. The topological polar surface area (TPSA) is 62.3 Å². The number of benzene rings is 2. The Labute approximate surface area is 171 Å². The van der Waals surface area contributed by atoms with E-state index in [2.05, 4.69) is 22.4 Å². The van der Waals surface area contributed by atoms with Crippen molar-refractivity contribution in [3.05, 3.63) is 102 Å². The Morgan fingerprint density at radius 1 is 0.931 bits per heavy atom. The summed E-state index contributed by atoms with van der Waals surface area (Å²) in [7, 11) is 1.83. The molecule has 0 aliphatic carbocycles. The van der Waals surface area contributed by atoms with Crippen LogP contribution in [0.1, 0.15) is 32.7 Å². The average molecular weight is 387 g/mol. The Kier molecular flexibility index (Phi) is 7.11. The molecule has 0 spiro atoms. The van der Waals surface area contributed by atoms with Crippen LogP contribution in [0.3, 0.4) is 0 Å². The zero-order chi connectivity index (χ0) is 20.5. The molecule has 29 heavy (non-hydrogen) atoms. The summed E-state index contributed by atoms with van der Waals surface area (Å²) in [5.74, 6) is -0.182. The minimum atomic E-state index is -0.159. The molecule has 0 radical (unpaired) electrons. The number of hydrogen-bond acceptors (Lipinski definition) is 3. The maximum atomic E-state index is 12.9.